The quantitative estimate of drug-likeness (QED) is 0.156. The second-order valence-corrected chi connectivity index (χ2v) is 12.3. The summed E-state index contributed by atoms with van der Waals surface area (Å²) >= 11 is 0. The Bertz CT molecular complexity index is 1880. The molecule has 0 radical (unpaired) electrons. The van der Waals surface area contributed by atoms with Crippen LogP contribution < -0.4 is 5.32 Å². The molecule has 248 valence electrons. The Morgan fingerprint density at radius 1 is 0.612 bits per heavy atom. The molecule has 0 fully saturated rings. The molecule has 0 saturated carbocycles. The van der Waals surface area contributed by atoms with Crippen molar-refractivity contribution in [1.82, 2.24) is 5.32 Å². The van der Waals surface area contributed by atoms with E-state index in [0.29, 0.717) is 6.61 Å². The number of carboxylic acids is 1. The molecular weight excluding hydrogens is 614 g/mol. The SMILES string of the molecule is CC(=O)OCC1c2ccccc2-c2ccccc21.CCc1ccc(C[C@H](NC(=O)OCC2c3ccccc3-c3ccccc32)C(=O)O)cc1. The molecule has 0 unspecified atom stereocenters. The zero-order valence-corrected chi connectivity index (χ0v) is 27.6. The number of carbonyl (C=O) groups is 3. The van der Waals surface area contributed by atoms with E-state index in [-0.39, 0.29) is 30.8 Å². The number of rotatable bonds is 9. The fraction of sp³-hybridized carbons (Fsp3) is 0.214. The smallest absolute Gasteiger partial charge is 0.407 e. The van der Waals surface area contributed by atoms with Crippen LogP contribution in [0.4, 0.5) is 4.79 Å². The highest BCUT2D eigenvalue weighted by atomic mass is 16.5. The van der Waals surface area contributed by atoms with Gasteiger partial charge in [-0.15, -0.1) is 0 Å². The molecule has 5 aromatic carbocycles. The van der Waals surface area contributed by atoms with Crippen molar-refractivity contribution in [1.29, 1.82) is 0 Å². The number of carboxylic acid groups (broad SMARTS) is 1. The van der Waals surface area contributed by atoms with E-state index in [4.69, 9.17) is 9.47 Å². The molecule has 7 rings (SSSR count). The lowest BCUT2D eigenvalue weighted by Gasteiger charge is -2.17. The van der Waals surface area contributed by atoms with Crippen molar-refractivity contribution >= 4 is 18.0 Å². The van der Waals surface area contributed by atoms with Gasteiger partial charge < -0.3 is 19.9 Å². The van der Waals surface area contributed by atoms with Gasteiger partial charge in [-0.3, -0.25) is 4.79 Å². The summed E-state index contributed by atoms with van der Waals surface area (Å²) in [5.74, 6) is -1.21. The van der Waals surface area contributed by atoms with E-state index in [0.717, 1.165) is 34.2 Å². The number of carbonyl (C=O) groups excluding carboxylic acids is 2. The molecule has 0 heterocycles. The van der Waals surface area contributed by atoms with Gasteiger partial charge in [-0.05, 0) is 62.1 Å². The average Bonchev–Trinajstić information content (AvgIpc) is 3.62. The summed E-state index contributed by atoms with van der Waals surface area (Å²) < 4.78 is 10.7. The van der Waals surface area contributed by atoms with E-state index < -0.39 is 18.1 Å². The van der Waals surface area contributed by atoms with Crippen LogP contribution in [0, 0.1) is 0 Å². The molecule has 0 aromatic heterocycles. The number of hydrogen-bond acceptors (Lipinski definition) is 5. The second-order valence-electron chi connectivity index (χ2n) is 12.3. The number of fused-ring (bicyclic) bond motifs is 6. The lowest BCUT2D eigenvalue weighted by molar-refractivity contribution is -0.141. The Morgan fingerprint density at radius 2 is 1.00 bits per heavy atom. The lowest BCUT2D eigenvalue weighted by Crippen LogP contribution is -2.42. The minimum Gasteiger partial charge on any atom is -0.480 e. The van der Waals surface area contributed by atoms with Crippen LogP contribution >= 0.6 is 0 Å². The average molecular weight is 654 g/mol. The molecule has 49 heavy (non-hydrogen) atoms. The third-order valence-electron chi connectivity index (χ3n) is 9.22. The third-order valence-corrected chi connectivity index (χ3v) is 9.22. The Morgan fingerprint density at radius 3 is 1.39 bits per heavy atom. The van der Waals surface area contributed by atoms with Crippen molar-refractivity contribution in [3.05, 3.63) is 155 Å². The van der Waals surface area contributed by atoms with Crippen molar-refractivity contribution in [3.63, 3.8) is 0 Å². The van der Waals surface area contributed by atoms with Gasteiger partial charge in [-0.25, -0.2) is 9.59 Å². The highest BCUT2D eigenvalue weighted by molar-refractivity contribution is 5.82. The summed E-state index contributed by atoms with van der Waals surface area (Å²) in [5, 5.41) is 12.1. The molecule has 0 spiro atoms. The van der Waals surface area contributed by atoms with E-state index in [1.165, 1.54) is 34.7 Å². The number of alkyl carbamates (subject to hydrolysis) is 1. The molecular formula is C42H39NO6. The van der Waals surface area contributed by atoms with Crippen LogP contribution in [0.5, 0.6) is 0 Å². The van der Waals surface area contributed by atoms with E-state index in [1.54, 1.807) is 0 Å². The van der Waals surface area contributed by atoms with Gasteiger partial charge >= 0.3 is 18.0 Å². The Labute approximate surface area is 286 Å². The summed E-state index contributed by atoms with van der Waals surface area (Å²) in [6.07, 6.45) is 0.392. The minimum absolute atomic E-state index is 0.0667. The molecule has 5 aromatic rings. The van der Waals surface area contributed by atoms with Crippen molar-refractivity contribution in [3.8, 4) is 22.3 Å². The largest absolute Gasteiger partial charge is 0.480 e. The molecule has 7 heteroatoms. The number of amides is 1. The maximum atomic E-state index is 12.4. The van der Waals surface area contributed by atoms with Crippen molar-refractivity contribution < 1.29 is 29.0 Å². The topological polar surface area (TPSA) is 102 Å². The first-order valence-electron chi connectivity index (χ1n) is 16.6. The minimum atomic E-state index is -1.09. The summed E-state index contributed by atoms with van der Waals surface area (Å²) in [7, 11) is 0. The number of nitrogens with one attached hydrogen (secondary N) is 1. The maximum Gasteiger partial charge on any atom is 0.407 e. The number of esters is 1. The van der Waals surface area contributed by atoms with Crippen molar-refractivity contribution in [2.75, 3.05) is 13.2 Å². The van der Waals surface area contributed by atoms with Crippen LogP contribution in [0.25, 0.3) is 22.3 Å². The standard InChI is InChI=1S/C26H25NO4.C16H14O2/c1-2-17-11-13-18(14-12-17)15-24(25(28)29)27-26(30)31-16-23-21-9-5-3-7-19(21)20-8-4-6-10-22(20)23;1-11(17)18-10-16-14-8-4-2-6-12(14)13-7-3-5-9-15(13)16/h3-14,23-24H,2,15-16H2,1H3,(H,27,30)(H,28,29);2-9,16H,10H2,1H3/t24-;/m0./s1. The zero-order chi connectivity index (χ0) is 34.3. The Kier molecular flexibility index (Phi) is 10.2. The molecule has 1 amide bonds. The summed E-state index contributed by atoms with van der Waals surface area (Å²) in [4.78, 5) is 35.1. The van der Waals surface area contributed by atoms with Gasteiger partial charge in [-0.2, -0.15) is 0 Å². The molecule has 1 atom stereocenters. The highest BCUT2D eigenvalue weighted by Crippen LogP contribution is 2.45. The van der Waals surface area contributed by atoms with E-state index >= 15 is 0 Å². The first kappa shape index (κ1) is 33.2. The van der Waals surface area contributed by atoms with Gasteiger partial charge in [-0.1, -0.05) is 128 Å². The predicted octanol–water partition coefficient (Wildman–Crippen LogP) is 8.15. The van der Waals surface area contributed by atoms with E-state index in [9.17, 15) is 19.5 Å². The summed E-state index contributed by atoms with van der Waals surface area (Å²) in [6.45, 7) is 4.08. The van der Waals surface area contributed by atoms with Crippen LogP contribution in [-0.2, 0) is 31.9 Å². The molecule has 7 nitrogen and oxygen atoms in total. The van der Waals surface area contributed by atoms with E-state index in [1.807, 2.05) is 84.9 Å². The molecule has 0 aliphatic heterocycles. The fourth-order valence-corrected chi connectivity index (χ4v) is 6.77. The van der Waals surface area contributed by atoms with Gasteiger partial charge in [0.15, 0.2) is 0 Å². The monoisotopic (exact) mass is 653 g/mol. The van der Waals surface area contributed by atoms with Gasteiger partial charge in [0.2, 0.25) is 0 Å². The maximum absolute atomic E-state index is 12.4. The number of ether oxygens (including phenoxy) is 2. The number of aryl methyl sites for hydroxylation is 1. The Hall–Kier alpha value is -5.69. The lowest BCUT2D eigenvalue weighted by atomic mass is 9.98. The van der Waals surface area contributed by atoms with Crippen LogP contribution in [-0.4, -0.2) is 42.4 Å². The molecule has 0 saturated heterocycles. The first-order valence-corrected chi connectivity index (χ1v) is 16.6. The van der Waals surface area contributed by atoms with Crippen molar-refractivity contribution in [2.45, 2.75) is 44.6 Å². The van der Waals surface area contributed by atoms with Gasteiger partial charge in [0, 0.05) is 25.2 Å². The van der Waals surface area contributed by atoms with Gasteiger partial charge in [0.1, 0.15) is 19.3 Å². The number of hydrogen-bond donors (Lipinski definition) is 2. The van der Waals surface area contributed by atoms with Crippen molar-refractivity contribution in [2.24, 2.45) is 0 Å². The third kappa shape index (κ3) is 7.41. The first-order chi connectivity index (χ1) is 23.8. The highest BCUT2D eigenvalue weighted by Gasteiger charge is 2.30. The second kappa shape index (κ2) is 15.0. The van der Waals surface area contributed by atoms with Gasteiger partial charge in [0.25, 0.3) is 0 Å². The van der Waals surface area contributed by atoms with Crippen LogP contribution in [0.2, 0.25) is 0 Å². The van der Waals surface area contributed by atoms with Gasteiger partial charge in [0.05, 0.1) is 0 Å². The van der Waals surface area contributed by atoms with Crippen LogP contribution in [0.1, 0.15) is 59.1 Å². The number of benzene rings is 5. The summed E-state index contributed by atoms with van der Waals surface area (Å²) in [6, 6.07) is 39.5. The van der Waals surface area contributed by atoms with Crippen LogP contribution in [0.3, 0.4) is 0 Å². The fourth-order valence-electron chi connectivity index (χ4n) is 6.77. The molecule has 0 bridgehead atoms. The molecule has 2 N–H and O–H groups in total. The predicted molar refractivity (Wildman–Crippen MR) is 190 cm³/mol. The van der Waals surface area contributed by atoms with Crippen LogP contribution in [0.15, 0.2) is 121 Å². The zero-order valence-electron chi connectivity index (χ0n) is 27.6. The van der Waals surface area contributed by atoms with E-state index in [2.05, 4.69) is 48.6 Å². The molecule has 2 aliphatic carbocycles. The summed E-state index contributed by atoms with van der Waals surface area (Å²) in [5.41, 5.74) is 11.6. The molecule has 2 aliphatic rings. The normalized spacial score (nSPS) is 13.1. The Balaban J connectivity index is 0.000000195. The number of aliphatic carboxylic acids is 1.